The van der Waals surface area contributed by atoms with Gasteiger partial charge in [0, 0.05) is 16.5 Å². The summed E-state index contributed by atoms with van der Waals surface area (Å²) < 4.78 is 0.643. The lowest BCUT2D eigenvalue weighted by Crippen LogP contribution is -2.43. The highest BCUT2D eigenvalue weighted by atomic mass is 32.2. The maximum atomic E-state index is 3.36. The minimum absolute atomic E-state index is 0.643. The van der Waals surface area contributed by atoms with Crippen molar-refractivity contribution in [3.63, 3.8) is 0 Å². The van der Waals surface area contributed by atoms with E-state index in [1.54, 1.807) is 0 Å². The van der Waals surface area contributed by atoms with Crippen molar-refractivity contribution in [1.82, 2.24) is 5.32 Å². The molecular formula is C11H21NS. The SMILES string of the molecule is CNCC1(SC2CCCC2)CCC1. The van der Waals surface area contributed by atoms with Crippen LogP contribution in [0, 0.1) is 0 Å². The maximum Gasteiger partial charge on any atom is 0.0287 e. The lowest BCUT2D eigenvalue weighted by atomic mass is 9.84. The average molecular weight is 199 g/mol. The summed E-state index contributed by atoms with van der Waals surface area (Å²) in [5.74, 6) is 0. The van der Waals surface area contributed by atoms with Crippen LogP contribution in [0.5, 0.6) is 0 Å². The Morgan fingerprint density at radius 1 is 1.23 bits per heavy atom. The summed E-state index contributed by atoms with van der Waals surface area (Å²) in [6, 6.07) is 0. The second-order valence-electron chi connectivity index (χ2n) is 4.59. The van der Waals surface area contributed by atoms with Crippen molar-refractivity contribution < 1.29 is 0 Å². The highest BCUT2D eigenvalue weighted by Gasteiger charge is 2.39. The number of hydrogen-bond acceptors (Lipinski definition) is 2. The Hall–Kier alpha value is 0.310. The Morgan fingerprint density at radius 2 is 1.92 bits per heavy atom. The summed E-state index contributed by atoms with van der Waals surface area (Å²) in [4.78, 5) is 0. The van der Waals surface area contributed by atoms with Crippen LogP contribution in [0.2, 0.25) is 0 Å². The van der Waals surface area contributed by atoms with Crippen molar-refractivity contribution in [2.24, 2.45) is 0 Å². The number of thioether (sulfide) groups is 1. The van der Waals surface area contributed by atoms with Gasteiger partial charge in [-0.2, -0.15) is 11.8 Å². The summed E-state index contributed by atoms with van der Waals surface area (Å²) in [5, 5.41) is 4.36. The fourth-order valence-electron chi connectivity index (χ4n) is 2.59. The molecule has 0 aromatic rings. The van der Waals surface area contributed by atoms with Crippen molar-refractivity contribution in [2.45, 2.75) is 54.9 Å². The molecule has 2 fully saturated rings. The van der Waals surface area contributed by atoms with Crippen LogP contribution in [0.3, 0.4) is 0 Å². The molecule has 0 heterocycles. The fourth-order valence-corrected chi connectivity index (χ4v) is 4.62. The van der Waals surface area contributed by atoms with E-state index in [-0.39, 0.29) is 0 Å². The predicted molar refractivity (Wildman–Crippen MR) is 60.4 cm³/mol. The minimum atomic E-state index is 0.643. The summed E-state index contributed by atoms with van der Waals surface area (Å²) in [5.41, 5.74) is 0. The van der Waals surface area contributed by atoms with E-state index < -0.39 is 0 Å². The zero-order valence-electron chi connectivity index (χ0n) is 8.64. The lowest BCUT2D eigenvalue weighted by Gasteiger charge is -2.43. The molecule has 2 saturated carbocycles. The Kier molecular flexibility index (Phi) is 3.20. The van der Waals surface area contributed by atoms with Crippen molar-refractivity contribution in [2.75, 3.05) is 13.6 Å². The van der Waals surface area contributed by atoms with Gasteiger partial charge in [0.25, 0.3) is 0 Å². The Balaban J connectivity index is 1.82. The predicted octanol–water partition coefficient (Wildman–Crippen LogP) is 2.80. The molecule has 2 rings (SSSR count). The summed E-state index contributed by atoms with van der Waals surface area (Å²) in [6.07, 6.45) is 10.3. The Morgan fingerprint density at radius 3 is 2.38 bits per heavy atom. The molecule has 2 aliphatic carbocycles. The van der Waals surface area contributed by atoms with Crippen LogP contribution in [-0.2, 0) is 0 Å². The average Bonchev–Trinajstić information content (AvgIpc) is 2.53. The first-order valence-corrected chi connectivity index (χ1v) is 6.55. The van der Waals surface area contributed by atoms with Gasteiger partial charge in [-0.1, -0.05) is 19.3 Å². The van der Waals surface area contributed by atoms with Crippen molar-refractivity contribution in [1.29, 1.82) is 0 Å². The third kappa shape index (κ3) is 2.21. The van der Waals surface area contributed by atoms with Gasteiger partial charge in [-0.15, -0.1) is 0 Å². The standard InChI is InChI=1S/C11H21NS/c1-12-9-11(7-4-8-11)13-10-5-2-3-6-10/h10,12H,2-9H2,1H3. The van der Waals surface area contributed by atoms with Gasteiger partial charge in [0.1, 0.15) is 0 Å². The van der Waals surface area contributed by atoms with Crippen LogP contribution in [-0.4, -0.2) is 23.6 Å². The van der Waals surface area contributed by atoms with Gasteiger partial charge in [-0.05, 0) is 32.7 Å². The summed E-state index contributed by atoms with van der Waals surface area (Å²) >= 11 is 2.30. The van der Waals surface area contributed by atoms with Crippen LogP contribution < -0.4 is 5.32 Å². The third-order valence-corrected chi connectivity index (χ3v) is 5.34. The first kappa shape index (κ1) is 9.85. The van der Waals surface area contributed by atoms with E-state index in [2.05, 4.69) is 24.1 Å². The molecule has 2 aliphatic rings. The molecule has 0 spiro atoms. The number of hydrogen-bond donors (Lipinski definition) is 1. The Labute approximate surface area is 86.0 Å². The smallest absolute Gasteiger partial charge is 0.0287 e. The molecule has 0 radical (unpaired) electrons. The first-order valence-electron chi connectivity index (χ1n) is 5.67. The van der Waals surface area contributed by atoms with Gasteiger partial charge in [-0.25, -0.2) is 0 Å². The van der Waals surface area contributed by atoms with E-state index in [1.165, 1.54) is 51.5 Å². The Bertz CT molecular complexity index is 159. The van der Waals surface area contributed by atoms with E-state index in [9.17, 15) is 0 Å². The van der Waals surface area contributed by atoms with E-state index in [0.717, 1.165) is 5.25 Å². The summed E-state index contributed by atoms with van der Waals surface area (Å²) in [7, 11) is 2.09. The highest BCUT2D eigenvalue weighted by Crippen LogP contribution is 2.48. The van der Waals surface area contributed by atoms with Gasteiger partial charge in [0.2, 0.25) is 0 Å². The molecule has 0 bridgehead atoms. The third-order valence-electron chi connectivity index (χ3n) is 3.48. The monoisotopic (exact) mass is 199 g/mol. The topological polar surface area (TPSA) is 12.0 Å². The first-order chi connectivity index (χ1) is 6.35. The minimum Gasteiger partial charge on any atom is -0.318 e. The van der Waals surface area contributed by atoms with Crippen LogP contribution in [0.1, 0.15) is 44.9 Å². The normalized spacial score (nSPS) is 27.5. The van der Waals surface area contributed by atoms with E-state index in [0.29, 0.717) is 4.75 Å². The molecule has 1 N–H and O–H groups in total. The van der Waals surface area contributed by atoms with Gasteiger partial charge in [-0.3, -0.25) is 0 Å². The van der Waals surface area contributed by atoms with Crippen LogP contribution in [0.15, 0.2) is 0 Å². The molecule has 1 nitrogen and oxygen atoms in total. The molecule has 0 amide bonds. The maximum absolute atomic E-state index is 3.36. The number of rotatable bonds is 4. The molecule has 0 aromatic heterocycles. The van der Waals surface area contributed by atoms with E-state index in [4.69, 9.17) is 0 Å². The van der Waals surface area contributed by atoms with Crippen LogP contribution >= 0.6 is 11.8 Å². The van der Waals surface area contributed by atoms with Crippen LogP contribution in [0.4, 0.5) is 0 Å². The molecule has 0 unspecified atom stereocenters. The molecule has 13 heavy (non-hydrogen) atoms. The second-order valence-corrected chi connectivity index (χ2v) is 6.36. The highest BCUT2D eigenvalue weighted by molar-refractivity contribution is 8.01. The molecule has 0 saturated heterocycles. The van der Waals surface area contributed by atoms with Crippen molar-refractivity contribution in [3.05, 3.63) is 0 Å². The zero-order valence-corrected chi connectivity index (χ0v) is 9.46. The van der Waals surface area contributed by atoms with Gasteiger partial charge >= 0.3 is 0 Å². The van der Waals surface area contributed by atoms with Gasteiger partial charge in [0.05, 0.1) is 0 Å². The number of nitrogens with one attached hydrogen (secondary N) is 1. The molecule has 2 heteroatoms. The van der Waals surface area contributed by atoms with E-state index in [1.807, 2.05) is 0 Å². The van der Waals surface area contributed by atoms with E-state index >= 15 is 0 Å². The quantitative estimate of drug-likeness (QED) is 0.747. The molecule has 0 aliphatic heterocycles. The summed E-state index contributed by atoms with van der Waals surface area (Å²) in [6.45, 7) is 1.23. The van der Waals surface area contributed by atoms with Gasteiger partial charge < -0.3 is 5.32 Å². The molecular weight excluding hydrogens is 178 g/mol. The zero-order chi connectivity index (χ0) is 9.15. The molecule has 0 aromatic carbocycles. The largest absolute Gasteiger partial charge is 0.318 e. The van der Waals surface area contributed by atoms with Gasteiger partial charge in [0.15, 0.2) is 0 Å². The van der Waals surface area contributed by atoms with Crippen LogP contribution in [0.25, 0.3) is 0 Å². The lowest BCUT2D eigenvalue weighted by molar-refractivity contribution is 0.352. The van der Waals surface area contributed by atoms with Crippen molar-refractivity contribution in [3.8, 4) is 0 Å². The molecule has 0 atom stereocenters. The fraction of sp³-hybridized carbons (Fsp3) is 1.00. The molecule has 76 valence electrons. The second kappa shape index (κ2) is 4.22. The van der Waals surface area contributed by atoms with Crippen molar-refractivity contribution >= 4 is 11.8 Å².